The average Bonchev–Trinajstić information content (AvgIpc) is 2.73. The number of nitrogen functional groups attached to an aromatic ring is 1. The maximum atomic E-state index is 11.8. The molecule has 7 heteroatoms. The molecular formula is C13H21N3O3S. The molecular weight excluding hydrogens is 278 g/mol. The summed E-state index contributed by atoms with van der Waals surface area (Å²) in [6.45, 7) is 5.58. The van der Waals surface area contributed by atoms with Crippen LogP contribution in [-0.4, -0.2) is 45.4 Å². The molecule has 0 aliphatic carbocycles. The van der Waals surface area contributed by atoms with E-state index in [0.717, 1.165) is 18.1 Å². The minimum absolute atomic E-state index is 0.134. The highest BCUT2D eigenvalue weighted by molar-refractivity contribution is 7.19. The predicted molar refractivity (Wildman–Crippen MR) is 80.9 cm³/mol. The molecule has 0 bridgehead atoms. The molecule has 0 saturated carbocycles. The lowest BCUT2D eigenvalue weighted by Crippen LogP contribution is -2.45. The Morgan fingerprint density at radius 3 is 2.55 bits per heavy atom. The Kier molecular flexibility index (Phi) is 4.39. The smallest absolute Gasteiger partial charge is 0.263 e. The van der Waals surface area contributed by atoms with Crippen molar-refractivity contribution in [2.45, 2.75) is 26.1 Å². The molecule has 1 aromatic rings. The molecule has 20 heavy (non-hydrogen) atoms. The van der Waals surface area contributed by atoms with Crippen molar-refractivity contribution in [2.75, 3.05) is 37.9 Å². The van der Waals surface area contributed by atoms with E-state index in [1.165, 1.54) is 11.3 Å². The number of morpholine rings is 1. The minimum Gasteiger partial charge on any atom is -0.492 e. The van der Waals surface area contributed by atoms with Crippen molar-refractivity contribution in [3.63, 3.8) is 0 Å². The van der Waals surface area contributed by atoms with Crippen LogP contribution in [0.2, 0.25) is 0 Å². The Labute approximate surface area is 122 Å². The van der Waals surface area contributed by atoms with Crippen LogP contribution in [0, 0.1) is 0 Å². The van der Waals surface area contributed by atoms with Gasteiger partial charge in [-0.25, -0.2) is 0 Å². The zero-order valence-corrected chi connectivity index (χ0v) is 13.0. The highest BCUT2D eigenvalue weighted by atomic mass is 32.1. The molecule has 1 aliphatic rings. The number of nitrogens with two attached hydrogens (primary N) is 1. The predicted octanol–water partition coefficient (Wildman–Crippen LogP) is 1.31. The van der Waals surface area contributed by atoms with E-state index in [9.17, 15) is 4.79 Å². The number of amides is 1. The van der Waals surface area contributed by atoms with Crippen LogP contribution in [0.5, 0.6) is 5.75 Å². The minimum atomic E-state index is -0.189. The fraction of sp³-hybridized carbons (Fsp3) is 0.615. The molecule has 1 amide bonds. The number of thiophene rings is 1. The van der Waals surface area contributed by atoms with Crippen molar-refractivity contribution < 1.29 is 14.3 Å². The second kappa shape index (κ2) is 5.88. The fourth-order valence-electron chi connectivity index (χ4n) is 2.45. The molecule has 2 heterocycles. The van der Waals surface area contributed by atoms with Gasteiger partial charge in [-0.1, -0.05) is 0 Å². The number of carbonyl (C=O) groups is 1. The highest BCUT2D eigenvalue weighted by Gasteiger charge is 2.29. The van der Waals surface area contributed by atoms with Crippen LogP contribution in [0.25, 0.3) is 0 Å². The molecule has 1 aromatic heterocycles. The van der Waals surface area contributed by atoms with Gasteiger partial charge in [0.15, 0.2) is 5.75 Å². The number of hydrogen-bond acceptors (Lipinski definition) is 6. The number of rotatable bonds is 3. The first kappa shape index (κ1) is 14.9. The van der Waals surface area contributed by atoms with E-state index < -0.39 is 0 Å². The summed E-state index contributed by atoms with van der Waals surface area (Å²) < 4.78 is 11.1. The molecule has 2 atom stereocenters. The summed E-state index contributed by atoms with van der Waals surface area (Å²) >= 11 is 1.36. The lowest BCUT2D eigenvalue weighted by Gasteiger charge is -2.36. The molecule has 1 fully saturated rings. The van der Waals surface area contributed by atoms with Crippen LogP contribution in [0.1, 0.15) is 23.5 Å². The molecule has 2 rings (SSSR count). The third-order valence-electron chi connectivity index (χ3n) is 3.23. The lowest BCUT2D eigenvalue weighted by molar-refractivity contribution is -0.00510. The van der Waals surface area contributed by atoms with Crippen LogP contribution in [0.3, 0.4) is 0 Å². The number of hydrogen-bond donors (Lipinski definition) is 2. The van der Waals surface area contributed by atoms with Crippen LogP contribution >= 0.6 is 11.3 Å². The van der Waals surface area contributed by atoms with E-state index in [0.29, 0.717) is 16.3 Å². The molecule has 1 saturated heterocycles. The molecule has 3 N–H and O–H groups in total. The third kappa shape index (κ3) is 2.69. The Morgan fingerprint density at radius 2 is 2.05 bits per heavy atom. The van der Waals surface area contributed by atoms with E-state index in [2.05, 4.69) is 10.2 Å². The van der Waals surface area contributed by atoms with Crippen molar-refractivity contribution in [1.29, 1.82) is 0 Å². The summed E-state index contributed by atoms with van der Waals surface area (Å²) in [7, 11) is 3.16. The van der Waals surface area contributed by atoms with Gasteiger partial charge in [0.05, 0.1) is 19.3 Å². The van der Waals surface area contributed by atoms with Crippen LogP contribution in [-0.2, 0) is 4.74 Å². The largest absolute Gasteiger partial charge is 0.492 e. The second-order valence-electron chi connectivity index (χ2n) is 4.92. The van der Waals surface area contributed by atoms with Gasteiger partial charge in [0.25, 0.3) is 5.91 Å². The number of anilines is 2. The van der Waals surface area contributed by atoms with Crippen LogP contribution < -0.4 is 20.7 Å². The van der Waals surface area contributed by atoms with E-state index in [1.54, 1.807) is 14.2 Å². The van der Waals surface area contributed by atoms with Gasteiger partial charge in [-0.2, -0.15) is 0 Å². The highest BCUT2D eigenvalue weighted by Crippen LogP contribution is 2.45. The van der Waals surface area contributed by atoms with Crippen molar-refractivity contribution in [3.8, 4) is 5.75 Å². The number of ether oxygens (including phenoxy) is 2. The topological polar surface area (TPSA) is 76.8 Å². The van der Waals surface area contributed by atoms with Crippen molar-refractivity contribution in [3.05, 3.63) is 4.88 Å². The number of nitrogens with zero attached hydrogens (tertiary/aromatic N) is 1. The zero-order valence-electron chi connectivity index (χ0n) is 12.2. The summed E-state index contributed by atoms with van der Waals surface area (Å²) in [6.07, 6.45) is 0.269. The van der Waals surface area contributed by atoms with Gasteiger partial charge in [-0.15, -0.1) is 11.3 Å². The molecule has 0 radical (unpaired) electrons. The van der Waals surface area contributed by atoms with Gasteiger partial charge in [0.2, 0.25) is 0 Å². The van der Waals surface area contributed by atoms with Gasteiger partial charge in [0, 0.05) is 20.1 Å². The Hall–Kier alpha value is -1.47. The molecule has 2 unspecified atom stereocenters. The second-order valence-corrected chi connectivity index (χ2v) is 5.92. The molecule has 6 nitrogen and oxygen atoms in total. The number of nitrogens with one attached hydrogen (secondary N) is 1. The van der Waals surface area contributed by atoms with E-state index >= 15 is 0 Å². The molecule has 112 valence electrons. The van der Waals surface area contributed by atoms with Crippen molar-refractivity contribution in [2.24, 2.45) is 0 Å². The summed E-state index contributed by atoms with van der Waals surface area (Å²) in [5.41, 5.74) is 6.44. The van der Waals surface area contributed by atoms with Gasteiger partial charge in [0.1, 0.15) is 15.6 Å². The first-order chi connectivity index (χ1) is 9.47. The first-order valence-corrected chi connectivity index (χ1v) is 7.38. The maximum absolute atomic E-state index is 11.8. The van der Waals surface area contributed by atoms with Gasteiger partial charge in [-0.05, 0) is 13.8 Å². The summed E-state index contributed by atoms with van der Waals surface area (Å²) in [5, 5.41) is 3.49. The first-order valence-electron chi connectivity index (χ1n) is 6.56. The van der Waals surface area contributed by atoms with Crippen LogP contribution in [0.4, 0.5) is 10.7 Å². The van der Waals surface area contributed by atoms with Gasteiger partial charge < -0.3 is 25.4 Å². The van der Waals surface area contributed by atoms with E-state index in [-0.39, 0.29) is 18.1 Å². The quantitative estimate of drug-likeness (QED) is 0.880. The standard InChI is InChI=1S/C13H21N3O3S/c1-7-5-16(6-8(2)19-7)13-10(18-4)9(14)11(20-13)12(17)15-3/h7-8H,5-6,14H2,1-4H3,(H,15,17). The monoisotopic (exact) mass is 299 g/mol. The lowest BCUT2D eigenvalue weighted by atomic mass is 10.2. The van der Waals surface area contributed by atoms with E-state index in [1.807, 2.05) is 13.8 Å². The van der Waals surface area contributed by atoms with Crippen molar-refractivity contribution in [1.82, 2.24) is 5.32 Å². The Morgan fingerprint density at radius 1 is 1.45 bits per heavy atom. The average molecular weight is 299 g/mol. The number of carbonyl (C=O) groups excluding carboxylic acids is 1. The van der Waals surface area contributed by atoms with Gasteiger partial charge in [-0.3, -0.25) is 4.79 Å². The van der Waals surface area contributed by atoms with Gasteiger partial charge >= 0.3 is 0 Å². The summed E-state index contributed by atoms with van der Waals surface area (Å²) in [6, 6.07) is 0. The fourth-order valence-corrected chi connectivity index (χ4v) is 3.60. The SMILES string of the molecule is CNC(=O)c1sc(N2CC(C)OC(C)C2)c(OC)c1N. The molecule has 1 aliphatic heterocycles. The van der Waals surface area contributed by atoms with Crippen molar-refractivity contribution >= 4 is 27.9 Å². The zero-order chi connectivity index (χ0) is 14.9. The Balaban J connectivity index is 2.38. The van der Waals surface area contributed by atoms with E-state index in [4.69, 9.17) is 15.2 Å². The molecule has 0 spiro atoms. The normalized spacial score (nSPS) is 22.7. The molecule has 0 aromatic carbocycles. The van der Waals surface area contributed by atoms with Crippen LogP contribution in [0.15, 0.2) is 0 Å². The number of methoxy groups -OCH3 is 1. The Bertz CT molecular complexity index is 493. The maximum Gasteiger partial charge on any atom is 0.263 e. The third-order valence-corrected chi connectivity index (χ3v) is 4.47. The summed E-state index contributed by atoms with van der Waals surface area (Å²) in [5.74, 6) is 0.390. The summed E-state index contributed by atoms with van der Waals surface area (Å²) in [4.78, 5) is 14.5.